The fourth-order valence-corrected chi connectivity index (χ4v) is 7.59. The molecule has 0 spiro atoms. The fourth-order valence-electron chi connectivity index (χ4n) is 5.84. The van der Waals surface area contributed by atoms with Crippen molar-refractivity contribution in [3.8, 4) is 62.5 Å². The lowest BCUT2D eigenvalue weighted by Crippen LogP contribution is -2.09. The number of rotatable bonds is 12. The predicted molar refractivity (Wildman–Crippen MR) is 242 cm³/mol. The third-order valence-electron chi connectivity index (χ3n) is 8.59. The van der Waals surface area contributed by atoms with E-state index in [2.05, 4.69) is 19.9 Å². The van der Waals surface area contributed by atoms with E-state index in [9.17, 15) is 17.2 Å². The monoisotopic (exact) mass is 976 g/mol. The van der Waals surface area contributed by atoms with Crippen molar-refractivity contribution in [2.45, 2.75) is 25.6 Å². The van der Waals surface area contributed by atoms with E-state index in [0.29, 0.717) is 81.5 Å². The first-order chi connectivity index (χ1) is 29.6. The zero-order valence-corrected chi connectivity index (χ0v) is 38.1. The first-order valence-corrected chi connectivity index (χ1v) is 22.5. The lowest BCUT2D eigenvalue weighted by Gasteiger charge is -2.17. The highest BCUT2D eigenvalue weighted by Crippen LogP contribution is 2.43. The van der Waals surface area contributed by atoms with Crippen molar-refractivity contribution in [2.24, 2.45) is 0 Å². The van der Waals surface area contributed by atoms with Crippen LogP contribution < -0.4 is 14.2 Å². The molecule has 0 aliphatic rings. The molecule has 0 saturated heterocycles. The normalized spacial score (nSPS) is 11.1. The van der Waals surface area contributed by atoms with Crippen LogP contribution in [0.4, 0.5) is 8.78 Å². The van der Waals surface area contributed by atoms with E-state index < -0.39 is 21.5 Å². The lowest BCUT2D eigenvalue weighted by molar-refractivity contribution is 0.267. The second-order valence-electron chi connectivity index (χ2n) is 13.0. The van der Waals surface area contributed by atoms with Crippen molar-refractivity contribution in [2.75, 3.05) is 19.5 Å². The van der Waals surface area contributed by atoms with Crippen LogP contribution in [0.3, 0.4) is 0 Å². The summed E-state index contributed by atoms with van der Waals surface area (Å²) in [6.07, 6.45) is 1.03. The Morgan fingerprint density at radius 3 is 1.45 bits per heavy atom. The van der Waals surface area contributed by atoms with Crippen LogP contribution >= 0.6 is 69.6 Å². The van der Waals surface area contributed by atoms with E-state index in [1.54, 1.807) is 79.7 Å². The predicted octanol–water partition coefficient (Wildman–Crippen LogP) is 13.6. The lowest BCUT2D eigenvalue weighted by atomic mass is 10.00. The Balaban J connectivity index is 0.000000211. The van der Waals surface area contributed by atoms with Crippen LogP contribution in [0.25, 0.3) is 44.8 Å². The molecule has 0 bridgehead atoms. The first kappa shape index (κ1) is 46.7. The summed E-state index contributed by atoms with van der Waals surface area (Å²) >= 11 is 37.1. The van der Waals surface area contributed by atoms with Crippen molar-refractivity contribution in [3.63, 3.8) is 0 Å². The van der Waals surface area contributed by atoms with Crippen molar-refractivity contribution in [3.05, 3.63) is 150 Å². The fraction of sp³-hybridized carbons (Fsp3) is 0.136. The quantitative estimate of drug-likeness (QED) is 0.110. The van der Waals surface area contributed by atoms with Gasteiger partial charge in [-0.05, 0) is 103 Å². The minimum Gasteiger partial charge on any atom is -0.477 e. The number of hydrogen-bond acceptors (Lipinski definition) is 9. The van der Waals surface area contributed by atoms with Crippen LogP contribution in [0.15, 0.2) is 108 Å². The molecular weight excluding hydrogens is 947 g/mol. The molecule has 62 heavy (non-hydrogen) atoms. The van der Waals surface area contributed by atoms with Gasteiger partial charge in [-0.25, -0.2) is 22.2 Å². The molecule has 9 nitrogen and oxygen atoms in total. The van der Waals surface area contributed by atoms with E-state index in [1.807, 2.05) is 19.1 Å². The van der Waals surface area contributed by atoms with Gasteiger partial charge in [0.1, 0.15) is 6.61 Å². The molecule has 0 saturated carbocycles. The Kier molecular flexibility index (Phi) is 15.5. The average Bonchev–Trinajstić information content (AvgIpc) is 3.22. The highest BCUT2D eigenvalue weighted by atomic mass is 35.5. The van der Waals surface area contributed by atoms with Gasteiger partial charge in [0.15, 0.2) is 11.6 Å². The Morgan fingerprint density at radius 1 is 0.532 bits per heavy atom. The van der Waals surface area contributed by atoms with E-state index in [1.165, 1.54) is 6.07 Å². The Morgan fingerprint density at radius 2 is 1.00 bits per heavy atom. The maximum absolute atomic E-state index is 13.6. The van der Waals surface area contributed by atoms with Gasteiger partial charge in [-0.2, -0.15) is 15.0 Å². The summed E-state index contributed by atoms with van der Waals surface area (Å²) < 4.78 is 68.4. The van der Waals surface area contributed by atoms with Gasteiger partial charge in [0, 0.05) is 37.5 Å². The molecule has 0 radical (unpaired) electrons. The SMILES string of the molecule is CCOc1nc(OCc2ccc(F)c(F)c2)nc(-c2ccc(Cl)cc2Cl)c1-c1ccc(Cl)cc1.CCOc1nc(S(C)(=O)=O)nc(-c2ccc(Cl)cc2Cl)c1-c1ccc(Cl)cc1. The summed E-state index contributed by atoms with van der Waals surface area (Å²) in [6.45, 7) is 4.13. The largest absolute Gasteiger partial charge is 0.477 e. The number of benzene rings is 5. The molecule has 5 aromatic carbocycles. The van der Waals surface area contributed by atoms with Crippen molar-refractivity contribution >= 4 is 79.4 Å². The summed E-state index contributed by atoms with van der Waals surface area (Å²) in [6, 6.07) is 27.5. The molecule has 0 unspecified atom stereocenters. The molecule has 0 fully saturated rings. The Hall–Kier alpha value is -4.79. The van der Waals surface area contributed by atoms with Gasteiger partial charge in [0.25, 0.3) is 5.16 Å². The molecule has 18 heteroatoms. The maximum Gasteiger partial charge on any atom is 0.320 e. The van der Waals surface area contributed by atoms with Gasteiger partial charge in [-0.1, -0.05) is 99.9 Å². The number of ether oxygens (including phenoxy) is 3. The molecule has 7 aromatic rings. The molecule has 0 amide bonds. The van der Waals surface area contributed by atoms with E-state index in [0.717, 1.165) is 24.0 Å². The van der Waals surface area contributed by atoms with Crippen LogP contribution in [0.1, 0.15) is 19.4 Å². The second kappa shape index (κ2) is 20.6. The zero-order chi connectivity index (χ0) is 44.7. The standard InChI is InChI=1S/C25H17Cl3F2N2O2.C19H15Cl3N2O3S/c1-2-33-24-22(15-4-6-16(26)7-5-15)23(18-9-8-17(27)12-19(18)28)31-25(32-24)34-13-14-3-10-20(29)21(30)11-14;1-3-27-18-16(11-4-6-12(20)7-5-11)17(23-19(24-18)28(2,25)26)14-9-8-13(21)10-15(14)22/h3-12H,2,13H2,1H3;4-10H,3H2,1-2H3. The van der Waals surface area contributed by atoms with Gasteiger partial charge in [0.2, 0.25) is 21.6 Å². The molecule has 320 valence electrons. The van der Waals surface area contributed by atoms with Gasteiger partial charge in [0.05, 0.1) is 45.8 Å². The van der Waals surface area contributed by atoms with Crippen molar-refractivity contribution < 1.29 is 31.4 Å². The minimum atomic E-state index is -3.69. The van der Waals surface area contributed by atoms with Crippen molar-refractivity contribution in [1.29, 1.82) is 0 Å². The molecule has 2 heterocycles. The number of hydrogen-bond donors (Lipinski definition) is 0. The molecule has 0 atom stereocenters. The van der Waals surface area contributed by atoms with Crippen molar-refractivity contribution in [1.82, 2.24) is 19.9 Å². The minimum absolute atomic E-state index is 0.0214. The average molecular weight is 980 g/mol. The summed E-state index contributed by atoms with van der Waals surface area (Å²) in [7, 11) is -3.69. The molecule has 2 aromatic heterocycles. The molecular formula is C44H32Cl6F2N4O5S. The molecule has 0 N–H and O–H groups in total. The van der Waals surface area contributed by atoms with Crippen LogP contribution in [0.2, 0.25) is 30.1 Å². The highest BCUT2D eigenvalue weighted by Gasteiger charge is 2.25. The Bertz CT molecular complexity index is 2860. The van der Waals surface area contributed by atoms with Gasteiger partial charge in [-0.3, -0.25) is 0 Å². The summed E-state index contributed by atoms with van der Waals surface area (Å²) in [5.41, 5.74) is 4.81. The van der Waals surface area contributed by atoms with E-state index in [4.69, 9.17) is 83.8 Å². The third kappa shape index (κ3) is 11.4. The first-order valence-electron chi connectivity index (χ1n) is 18.3. The zero-order valence-electron chi connectivity index (χ0n) is 32.7. The molecule has 7 rings (SSSR count). The summed E-state index contributed by atoms with van der Waals surface area (Å²) in [4.78, 5) is 17.5. The Labute approximate surface area is 386 Å². The number of aromatic nitrogens is 4. The van der Waals surface area contributed by atoms with Gasteiger partial charge in [-0.15, -0.1) is 0 Å². The van der Waals surface area contributed by atoms with Gasteiger partial charge < -0.3 is 14.2 Å². The number of halogens is 8. The molecule has 0 aliphatic heterocycles. The maximum atomic E-state index is 13.6. The van der Waals surface area contributed by atoms with E-state index in [-0.39, 0.29) is 36.1 Å². The van der Waals surface area contributed by atoms with Crippen LogP contribution in [0, 0.1) is 11.6 Å². The third-order valence-corrected chi connectivity index (χ3v) is 11.0. The number of nitrogens with zero attached hydrogens (tertiary/aromatic N) is 4. The van der Waals surface area contributed by atoms with Crippen LogP contribution in [0.5, 0.6) is 17.8 Å². The number of sulfone groups is 1. The topological polar surface area (TPSA) is 113 Å². The summed E-state index contributed by atoms with van der Waals surface area (Å²) in [5.74, 6) is -1.50. The van der Waals surface area contributed by atoms with Gasteiger partial charge >= 0.3 is 6.01 Å². The van der Waals surface area contributed by atoms with Crippen LogP contribution in [-0.4, -0.2) is 47.8 Å². The second-order valence-corrected chi connectivity index (χ2v) is 17.5. The van der Waals surface area contributed by atoms with E-state index >= 15 is 0 Å². The molecule has 0 aliphatic carbocycles. The smallest absolute Gasteiger partial charge is 0.320 e. The highest BCUT2D eigenvalue weighted by molar-refractivity contribution is 7.90. The van der Waals surface area contributed by atoms with Crippen LogP contribution in [-0.2, 0) is 16.4 Å². The summed E-state index contributed by atoms with van der Waals surface area (Å²) in [5, 5.41) is 2.38.